The molecule has 0 aliphatic rings. The van der Waals surface area contributed by atoms with E-state index in [1.165, 1.54) is 0 Å². The normalized spacial score (nSPS) is 13.1. The zero-order chi connectivity index (χ0) is 13.6. The van der Waals surface area contributed by atoms with Crippen LogP contribution in [0, 0.1) is 0 Å². The van der Waals surface area contributed by atoms with E-state index in [1.807, 2.05) is 31.2 Å². The van der Waals surface area contributed by atoms with E-state index in [1.54, 1.807) is 14.0 Å². The van der Waals surface area contributed by atoms with Gasteiger partial charge in [0.2, 0.25) is 5.91 Å². The second-order valence-corrected chi connectivity index (χ2v) is 4.70. The van der Waals surface area contributed by atoms with Crippen molar-refractivity contribution in [1.29, 1.82) is 0 Å². The van der Waals surface area contributed by atoms with E-state index in [0.29, 0.717) is 13.0 Å². The Balaban J connectivity index is 0.00000324. The maximum Gasteiger partial charge on any atom is 0.240 e. The molecular weight excluding hydrogens is 264 g/mol. The van der Waals surface area contributed by atoms with Gasteiger partial charge in [-0.15, -0.1) is 12.4 Å². The summed E-state index contributed by atoms with van der Waals surface area (Å²) >= 11 is 0. The number of rotatable bonds is 6. The van der Waals surface area contributed by atoms with Crippen LogP contribution in [0.5, 0.6) is 5.75 Å². The second-order valence-electron chi connectivity index (χ2n) is 4.70. The van der Waals surface area contributed by atoms with Gasteiger partial charge in [0, 0.05) is 6.54 Å². The lowest BCUT2D eigenvalue weighted by molar-refractivity contribution is -0.126. The van der Waals surface area contributed by atoms with Crippen molar-refractivity contribution in [2.24, 2.45) is 5.73 Å². The van der Waals surface area contributed by atoms with E-state index < -0.39 is 5.54 Å². The molecule has 0 fully saturated rings. The monoisotopic (exact) mass is 286 g/mol. The van der Waals surface area contributed by atoms with E-state index in [4.69, 9.17) is 10.5 Å². The van der Waals surface area contributed by atoms with Gasteiger partial charge < -0.3 is 15.8 Å². The highest BCUT2D eigenvalue weighted by molar-refractivity contribution is 5.85. The van der Waals surface area contributed by atoms with Crippen molar-refractivity contribution in [2.45, 2.75) is 38.8 Å². The Hall–Kier alpha value is -1.26. The number of nitrogens with two attached hydrogens (primary N) is 1. The van der Waals surface area contributed by atoms with Crippen LogP contribution in [0.1, 0.15) is 32.3 Å². The van der Waals surface area contributed by atoms with E-state index in [-0.39, 0.29) is 18.3 Å². The van der Waals surface area contributed by atoms with Crippen molar-refractivity contribution in [1.82, 2.24) is 5.32 Å². The molecule has 1 aromatic rings. The summed E-state index contributed by atoms with van der Waals surface area (Å²) in [4.78, 5) is 11.9. The molecule has 0 spiro atoms. The van der Waals surface area contributed by atoms with Crippen molar-refractivity contribution in [3.05, 3.63) is 29.8 Å². The zero-order valence-electron chi connectivity index (χ0n) is 11.7. The van der Waals surface area contributed by atoms with Gasteiger partial charge in [-0.2, -0.15) is 0 Å². The lowest BCUT2D eigenvalue weighted by Gasteiger charge is -2.22. The Labute approximate surface area is 121 Å². The van der Waals surface area contributed by atoms with E-state index in [2.05, 4.69) is 5.32 Å². The number of carbonyl (C=O) groups excluding carboxylic acids is 1. The molecule has 3 N–H and O–H groups in total. The smallest absolute Gasteiger partial charge is 0.240 e. The third kappa shape index (κ3) is 5.49. The van der Waals surface area contributed by atoms with Crippen LogP contribution in [0.3, 0.4) is 0 Å². The molecule has 1 rings (SSSR count). The molecule has 19 heavy (non-hydrogen) atoms. The summed E-state index contributed by atoms with van der Waals surface area (Å²) in [5.74, 6) is 0.665. The zero-order valence-corrected chi connectivity index (χ0v) is 12.5. The number of nitrogens with one attached hydrogen (secondary N) is 1. The minimum atomic E-state index is -0.798. The van der Waals surface area contributed by atoms with Gasteiger partial charge in [0.25, 0.3) is 0 Å². The standard InChI is InChI=1S/C14H22N2O2.ClH/c1-4-8-14(2,15)13(17)16-10-11-6-5-7-12(9-11)18-3;/h5-7,9H,4,8,10,15H2,1-3H3,(H,16,17);1H. The summed E-state index contributed by atoms with van der Waals surface area (Å²) < 4.78 is 5.13. The van der Waals surface area contributed by atoms with E-state index in [0.717, 1.165) is 17.7 Å². The fourth-order valence-electron chi connectivity index (χ4n) is 1.80. The number of carbonyl (C=O) groups is 1. The quantitative estimate of drug-likeness (QED) is 0.843. The summed E-state index contributed by atoms with van der Waals surface area (Å²) in [6, 6.07) is 7.61. The van der Waals surface area contributed by atoms with Gasteiger partial charge >= 0.3 is 0 Å². The molecule has 0 aliphatic carbocycles. The third-order valence-corrected chi connectivity index (χ3v) is 2.88. The van der Waals surface area contributed by atoms with Gasteiger partial charge in [-0.1, -0.05) is 25.5 Å². The molecule has 0 saturated heterocycles. The summed E-state index contributed by atoms with van der Waals surface area (Å²) in [7, 11) is 1.62. The van der Waals surface area contributed by atoms with Crippen molar-refractivity contribution in [2.75, 3.05) is 7.11 Å². The third-order valence-electron chi connectivity index (χ3n) is 2.88. The number of hydrogen-bond acceptors (Lipinski definition) is 3. The van der Waals surface area contributed by atoms with Crippen LogP contribution in [0.2, 0.25) is 0 Å². The molecule has 0 saturated carbocycles. The Morgan fingerprint density at radius 2 is 2.16 bits per heavy atom. The van der Waals surface area contributed by atoms with Crippen molar-refractivity contribution < 1.29 is 9.53 Å². The fraction of sp³-hybridized carbons (Fsp3) is 0.500. The van der Waals surface area contributed by atoms with Gasteiger partial charge in [0.05, 0.1) is 12.6 Å². The van der Waals surface area contributed by atoms with Crippen LogP contribution < -0.4 is 15.8 Å². The van der Waals surface area contributed by atoms with E-state index in [9.17, 15) is 4.79 Å². The SMILES string of the molecule is CCCC(C)(N)C(=O)NCc1cccc(OC)c1.Cl. The predicted molar refractivity (Wildman–Crippen MR) is 79.6 cm³/mol. The Bertz CT molecular complexity index is 408. The molecule has 1 aromatic carbocycles. The first-order chi connectivity index (χ1) is 8.49. The Kier molecular flexibility index (Phi) is 7.49. The Morgan fingerprint density at radius 3 is 2.74 bits per heavy atom. The van der Waals surface area contributed by atoms with E-state index >= 15 is 0 Å². The number of halogens is 1. The van der Waals surface area contributed by atoms with Gasteiger partial charge in [0.1, 0.15) is 5.75 Å². The summed E-state index contributed by atoms with van der Waals surface area (Å²) in [5, 5.41) is 2.86. The Morgan fingerprint density at radius 1 is 1.47 bits per heavy atom. The number of benzene rings is 1. The molecule has 0 heterocycles. The lowest BCUT2D eigenvalue weighted by atomic mass is 9.96. The van der Waals surface area contributed by atoms with Crippen LogP contribution in [-0.4, -0.2) is 18.6 Å². The average molecular weight is 287 g/mol. The van der Waals surface area contributed by atoms with Crippen LogP contribution in [0.25, 0.3) is 0 Å². The van der Waals surface area contributed by atoms with Crippen molar-refractivity contribution in [3.8, 4) is 5.75 Å². The molecule has 4 nitrogen and oxygen atoms in total. The highest BCUT2D eigenvalue weighted by Gasteiger charge is 2.26. The molecule has 1 atom stereocenters. The molecule has 0 bridgehead atoms. The first-order valence-electron chi connectivity index (χ1n) is 6.19. The number of hydrogen-bond donors (Lipinski definition) is 2. The van der Waals surface area contributed by atoms with Crippen LogP contribution in [0.4, 0.5) is 0 Å². The lowest BCUT2D eigenvalue weighted by Crippen LogP contribution is -2.51. The minimum absolute atomic E-state index is 0. The molecular formula is C14H23ClN2O2. The first-order valence-corrected chi connectivity index (χ1v) is 6.19. The largest absolute Gasteiger partial charge is 0.497 e. The molecule has 0 radical (unpaired) electrons. The maximum absolute atomic E-state index is 11.9. The highest BCUT2D eigenvalue weighted by atomic mass is 35.5. The van der Waals surface area contributed by atoms with Crippen LogP contribution in [0.15, 0.2) is 24.3 Å². The molecule has 5 heteroatoms. The second kappa shape index (κ2) is 8.02. The van der Waals surface area contributed by atoms with Gasteiger partial charge in [-0.3, -0.25) is 4.79 Å². The highest BCUT2D eigenvalue weighted by Crippen LogP contribution is 2.13. The van der Waals surface area contributed by atoms with Gasteiger partial charge in [0.15, 0.2) is 0 Å². The van der Waals surface area contributed by atoms with Crippen LogP contribution >= 0.6 is 12.4 Å². The summed E-state index contributed by atoms with van der Waals surface area (Å²) in [5.41, 5.74) is 6.15. The van der Waals surface area contributed by atoms with Crippen molar-refractivity contribution >= 4 is 18.3 Å². The molecule has 1 unspecified atom stereocenters. The molecule has 0 aliphatic heterocycles. The maximum atomic E-state index is 11.9. The number of amides is 1. The fourth-order valence-corrected chi connectivity index (χ4v) is 1.80. The molecule has 0 aromatic heterocycles. The minimum Gasteiger partial charge on any atom is -0.497 e. The van der Waals surface area contributed by atoms with Gasteiger partial charge in [-0.05, 0) is 31.0 Å². The summed E-state index contributed by atoms with van der Waals surface area (Å²) in [6.07, 6.45) is 1.57. The summed E-state index contributed by atoms with van der Waals surface area (Å²) in [6.45, 7) is 4.24. The topological polar surface area (TPSA) is 64.4 Å². The number of methoxy groups -OCH3 is 1. The number of ether oxygens (including phenoxy) is 1. The molecule has 108 valence electrons. The van der Waals surface area contributed by atoms with Crippen LogP contribution in [-0.2, 0) is 11.3 Å². The molecule has 1 amide bonds. The van der Waals surface area contributed by atoms with Crippen molar-refractivity contribution in [3.63, 3.8) is 0 Å². The average Bonchev–Trinajstić information content (AvgIpc) is 2.36. The predicted octanol–water partition coefficient (Wildman–Crippen LogP) is 2.25. The van der Waals surface area contributed by atoms with Gasteiger partial charge in [-0.25, -0.2) is 0 Å². The first kappa shape index (κ1) is 17.7.